The summed E-state index contributed by atoms with van der Waals surface area (Å²) in [4.78, 5) is 4.42. The Balaban J connectivity index is 1.87. The van der Waals surface area contributed by atoms with Gasteiger partial charge in [-0.15, -0.1) is 0 Å². The van der Waals surface area contributed by atoms with E-state index in [4.69, 9.17) is 0 Å². The average Bonchev–Trinajstić information content (AvgIpc) is 2.59. The van der Waals surface area contributed by atoms with Crippen molar-refractivity contribution in [1.29, 1.82) is 0 Å². The van der Waals surface area contributed by atoms with E-state index in [9.17, 15) is 0 Å². The summed E-state index contributed by atoms with van der Waals surface area (Å²) in [5.74, 6) is 3.01. The highest BCUT2D eigenvalue weighted by molar-refractivity contribution is 5.20. The third-order valence-corrected chi connectivity index (χ3v) is 6.18. The van der Waals surface area contributed by atoms with Crippen molar-refractivity contribution in [3.05, 3.63) is 29.6 Å². The van der Waals surface area contributed by atoms with Gasteiger partial charge in [-0.05, 0) is 67.4 Å². The first-order valence-electron chi connectivity index (χ1n) is 11.2. The Labute approximate surface area is 168 Å². The van der Waals surface area contributed by atoms with Crippen LogP contribution in [0.25, 0.3) is 0 Å². The molecule has 1 saturated carbocycles. The maximum atomic E-state index is 4.42. The summed E-state index contributed by atoms with van der Waals surface area (Å²) in [6.45, 7) is 17.1. The molecule has 2 rings (SSSR count). The van der Waals surface area contributed by atoms with Crippen LogP contribution in [0.15, 0.2) is 18.5 Å². The molecule has 0 spiro atoms. The normalized spacial score (nSPS) is 24.7. The lowest BCUT2D eigenvalue weighted by Gasteiger charge is -2.39. The van der Waals surface area contributed by atoms with Crippen LogP contribution in [0, 0.1) is 17.8 Å². The third kappa shape index (κ3) is 7.54. The number of nitrogens with one attached hydrogen (secondary N) is 2. The second kappa shape index (κ2) is 10.6. The first-order chi connectivity index (χ1) is 12.7. The van der Waals surface area contributed by atoms with Gasteiger partial charge in [-0.25, -0.2) is 0 Å². The maximum Gasteiger partial charge on any atom is 0.0313 e. The molecule has 3 nitrogen and oxygen atoms in total. The van der Waals surface area contributed by atoms with Crippen molar-refractivity contribution in [2.24, 2.45) is 17.8 Å². The van der Waals surface area contributed by atoms with Crippen molar-refractivity contribution in [1.82, 2.24) is 15.6 Å². The van der Waals surface area contributed by atoms with E-state index in [0.717, 1.165) is 24.3 Å². The van der Waals surface area contributed by atoms with Gasteiger partial charge in [-0.1, -0.05) is 47.6 Å². The lowest BCUT2D eigenvalue weighted by molar-refractivity contribution is 0.155. The predicted molar refractivity (Wildman–Crippen MR) is 117 cm³/mol. The molecule has 154 valence electrons. The van der Waals surface area contributed by atoms with Crippen LogP contribution in [0.4, 0.5) is 0 Å². The van der Waals surface area contributed by atoms with Gasteiger partial charge in [0.15, 0.2) is 0 Å². The van der Waals surface area contributed by atoms with Crippen molar-refractivity contribution in [3.63, 3.8) is 0 Å². The van der Waals surface area contributed by atoms with Gasteiger partial charge >= 0.3 is 0 Å². The number of aromatic nitrogens is 1. The summed E-state index contributed by atoms with van der Waals surface area (Å²) in [6.07, 6.45) is 9.35. The minimum absolute atomic E-state index is 0.537. The van der Waals surface area contributed by atoms with Crippen molar-refractivity contribution >= 4 is 0 Å². The Hall–Kier alpha value is -0.930. The van der Waals surface area contributed by atoms with Gasteiger partial charge in [0.1, 0.15) is 0 Å². The lowest BCUT2D eigenvalue weighted by atomic mass is 9.72. The third-order valence-electron chi connectivity index (χ3n) is 6.18. The van der Waals surface area contributed by atoms with Crippen LogP contribution in [0.1, 0.15) is 91.2 Å². The van der Waals surface area contributed by atoms with Crippen LogP contribution in [-0.2, 0) is 6.54 Å². The van der Waals surface area contributed by atoms with Crippen molar-refractivity contribution in [3.8, 4) is 0 Å². The second-order valence-corrected chi connectivity index (χ2v) is 9.89. The number of pyridine rings is 1. The standard InChI is InChI=1S/C24H43N3/c1-16(2)22-9-20(11-24(12-22)27-18(5)6)8-19(7)26-14-21-10-23(17(3)4)15-25-13-21/h10,13,15-20,22,24,26-27H,8-9,11-12,14H2,1-7H3. The van der Waals surface area contributed by atoms with Crippen LogP contribution in [0.2, 0.25) is 0 Å². The molecule has 4 unspecified atom stereocenters. The summed E-state index contributed by atoms with van der Waals surface area (Å²) in [5.41, 5.74) is 2.63. The van der Waals surface area contributed by atoms with Crippen molar-refractivity contribution in [2.45, 2.75) is 105 Å². The highest BCUT2D eigenvalue weighted by atomic mass is 14.9. The number of hydrogen-bond acceptors (Lipinski definition) is 3. The quantitative estimate of drug-likeness (QED) is 0.599. The summed E-state index contributed by atoms with van der Waals surface area (Å²) < 4.78 is 0. The predicted octanol–water partition coefficient (Wildman–Crippen LogP) is 5.51. The second-order valence-electron chi connectivity index (χ2n) is 9.89. The van der Waals surface area contributed by atoms with Gasteiger partial charge in [-0.2, -0.15) is 0 Å². The zero-order valence-corrected chi connectivity index (χ0v) is 18.8. The van der Waals surface area contributed by atoms with Gasteiger partial charge in [0.25, 0.3) is 0 Å². The van der Waals surface area contributed by atoms with E-state index >= 15 is 0 Å². The zero-order valence-electron chi connectivity index (χ0n) is 18.8. The Morgan fingerprint density at radius 3 is 2.37 bits per heavy atom. The van der Waals surface area contributed by atoms with Crippen LogP contribution < -0.4 is 10.6 Å². The van der Waals surface area contributed by atoms with E-state index in [0.29, 0.717) is 24.0 Å². The van der Waals surface area contributed by atoms with Crippen LogP contribution in [0.5, 0.6) is 0 Å². The SMILES string of the molecule is CC(C)NC1CC(CC(C)NCc2cncc(C(C)C)c2)CC(C(C)C)C1. The fraction of sp³-hybridized carbons (Fsp3) is 0.792. The average molecular weight is 374 g/mol. The Kier molecular flexibility index (Phi) is 8.75. The van der Waals surface area contributed by atoms with Gasteiger partial charge in [0, 0.05) is 37.1 Å². The van der Waals surface area contributed by atoms with E-state index < -0.39 is 0 Å². The molecule has 0 bridgehead atoms. The van der Waals surface area contributed by atoms with E-state index in [1.54, 1.807) is 0 Å². The molecule has 0 radical (unpaired) electrons. The molecule has 1 heterocycles. The number of hydrogen-bond donors (Lipinski definition) is 2. The molecular weight excluding hydrogens is 330 g/mol. The Morgan fingerprint density at radius 1 is 1.00 bits per heavy atom. The highest BCUT2D eigenvalue weighted by Gasteiger charge is 2.31. The Bertz CT molecular complexity index is 552. The summed E-state index contributed by atoms with van der Waals surface area (Å²) in [7, 11) is 0. The fourth-order valence-electron chi connectivity index (χ4n) is 4.62. The van der Waals surface area contributed by atoms with E-state index in [1.165, 1.54) is 36.8 Å². The van der Waals surface area contributed by atoms with E-state index in [2.05, 4.69) is 70.2 Å². The first kappa shape index (κ1) is 22.4. The topological polar surface area (TPSA) is 37.0 Å². The summed E-state index contributed by atoms with van der Waals surface area (Å²) in [6, 6.07) is 4.12. The molecule has 1 aliphatic rings. The van der Waals surface area contributed by atoms with Crippen molar-refractivity contribution in [2.75, 3.05) is 0 Å². The van der Waals surface area contributed by atoms with Gasteiger partial charge < -0.3 is 10.6 Å². The first-order valence-corrected chi connectivity index (χ1v) is 11.2. The lowest BCUT2D eigenvalue weighted by Crippen LogP contribution is -2.43. The molecule has 1 aliphatic carbocycles. The molecule has 0 amide bonds. The monoisotopic (exact) mass is 373 g/mol. The van der Waals surface area contributed by atoms with Gasteiger partial charge in [0.05, 0.1) is 0 Å². The zero-order chi connectivity index (χ0) is 20.0. The maximum absolute atomic E-state index is 4.42. The van der Waals surface area contributed by atoms with Crippen LogP contribution in [0.3, 0.4) is 0 Å². The molecule has 2 N–H and O–H groups in total. The van der Waals surface area contributed by atoms with E-state index in [-0.39, 0.29) is 0 Å². The molecular formula is C24H43N3. The number of rotatable bonds is 9. The largest absolute Gasteiger partial charge is 0.312 e. The molecule has 1 aromatic rings. The number of nitrogens with zero attached hydrogens (tertiary/aromatic N) is 1. The molecule has 4 atom stereocenters. The van der Waals surface area contributed by atoms with Crippen LogP contribution in [-0.4, -0.2) is 23.1 Å². The minimum Gasteiger partial charge on any atom is -0.312 e. The summed E-state index contributed by atoms with van der Waals surface area (Å²) in [5, 5.41) is 7.57. The van der Waals surface area contributed by atoms with Gasteiger partial charge in [-0.3, -0.25) is 4.98 Å². The highest BCUT2D eigenvalue weighted by Crippen LogP contribution is 2.36. The fourth-order valence-corrected chi connectivity index (χ4v) is 4.62. The smallest absolute Gasteiger partial charge is 0.0313 e. The molecule has 3 heteroatoms. The molecule has 27 heavy (non-hydrogen) atoms. The van der Waals surface area contributed by atoms with Crippen LogP contribution >= 0.6 is 0 Å². The molecule has 0 aliphatic heterocycles. The van der Waals surface area contributed by atoms with Gasteiger partial charge in [0.2, 0.25) is 0 Å². The minimum atomic E-state index is 0.537. The van der Waals surface area contributed by atoms with Crippen molar-refractivity contribution < 1.29 is 0 Å². The molecule has 1 aromatic heterocycles. The van der Waals surface area contributed by atoms with E-state index in [1.807, 2.05) is 12.4 Å². The molecule has 0 aromatic carbocycles. The summed E-state index contributed by atoms with van der Waals surface area (Å²) >= 11 is 0. The Morgan fingerprint density at radius 2 is 1.74 bits per heavy atom. The molecule has 1 fully saturated rings. The molecule has 0 saturated heterocycles.